The summed E-state index contributed by atoms with van der Waals surface area (Å²) in [5.74, 6) is -0.242. The van der Waals surface area contributed by atoms with E-state index >= 15 is 0 Å². The molecular weight excluding hydrogens is 539 g/mol. The van der Waals surface area contributed by atoms with E-state index in [0.29, 0.717) is 64.3 Å². The molecule has 10 nitrogen and oxygen atoms in total. The Morgan fingerprint density at radius 2 is 1.90 bits per heavy atom. The highest BCUT2D eigenvalue weighted by Gasteiger charge is 2.35. The van der Waals surface area contributed by atoms with Crippen LogP contribution in [0.3, 0.4) is 0 Å². The van der Waals surface area contributed by atoms with Gasteiger partial charge in [0.2, 0.25) is 17.8 Å². The first-order valence-corrected chi connectivity index (χ1v) is 14.0. The Morgan fingerprint density at radius 3 is 2.63 bits per heavy atom. The number of carbonyl (C=O) groups excluding carboxylic acids is 2. The number of aryl methyl sites for hydroxylation is 1. The van der Waals surface area contributed by atoms with Gasteiger partial charge < -0.3 is 30.1 Å². The van der Waals surface area contributed by atoms with Gasteiger partial charge in [-0.3, -0.25) is 9.59 Å². The predicted molar refractivity (Wildman–Crippen MR) is 149 cm³/mol. The molecule has 13 heteroatoms. The highest BCUT2D eigenvalue weighted by molar-refractivity contribution is 5.79. The Morgan fingerprint density at radius 1 is 1.12 bits per heavy atom. The number of anilines is 3. The number of carbonyl (C=O) groups is 2. The number of hydrogen-bond donors (Lipinski definition) is 2. The van der Waals surface area contributed by atoms with Crippen molar-refractivity contribution >= 4 is 29.3 Å². The number of amides is 2. The number of benzene rings is 1. The fourth-order valence-corrected chi connectivity index (χ4v) is 4.85. The number of aromatic nitrogens is 2. The average Bonchev–Trinajstić information content (AvgIpc) is 3.15. The Hall–Kier alpha value is -3.45. The summed E-state index contributed by atoms with van der Waals surface area (Å²) >= 11 is 0. The summed E-state index contributed by atoms with van der Waals surface area (Å²) in [7, 11) is 2.04. The van der Waals surface area contributed by atoms with Crippen molar-refractivity contribution in [2.75, 3.05) is 76.7 Å². The van der Waals surface area contributed by atoms with E-state index in [0.717, 1.165) is 30.4 Å². The second-order valence-electron chi connectivity index (χ2n) is 10.3. The van der Waals surface area contributed by atoms with Crippen LogP contribution in [0.4, 0.5) is 30.6 Å². The molecule has 0 saturated carbocycles. The minimum atomic E-state index is -4.63. The number of likely N-dealkylation sites (N-methyl/N-ethyl adjacent to an activating group) is 1. The van der Waals surface area contributed by atoms with Crippen molar-refractivity contribution in [3.05, 3.63) is 41.1 Å². The fourth-order valence-electron chi connectivity index (χ4n) is 4.85. The summed E-state index contributed by atoms with van der Waals surface area (Å²) in [6, 6.07) is 5.59. The molecule has 4 rings (SSSR count). The van der Waals surface area contributed by atoms with Gasteiger partial charge in [0, 0.05) is 57.7 Å². The molecule has 0 atom stereocenters. The van der Waals surface area contributed by atoms with E-state index < -0.39 is 11.7 Å². The Bertz CT molecular complexity index is 1200. The maximum atomic E-state index is 13.7. The second kappa shape index (κ2) is 13.9. The van der Waals surface area contributed by atoms with Crippen LogP contribution in [0.2, 0.25) is 0 Å². The van der Waals surface area contributed by atoms with E-state index in [1.54, 1.807) is 4.90 Å². The van der Waals surface area contributed by atoms with Crippen molar-refractivity contribution in [2.24, 2.45) is 0 Å². The molecule has 1 aromatic heterocycles. The first-order chi connectivity index (χ1) is 19.6. The van der Waals surface area contributed by atoms with Gasteiger partial charge in [0.1, 0.15) is 11.4 Å². The number of piperazine rings is 1. The monoisotopic (exact) mass is 577 g/mol. The first-order valence-electron chi connectivity index (χ1n) is 14.0. The largest absolute Gasteiger partial charge is 0.421 e. The van der Waals surface area contributed by atoms with Crippen molar-refractivity contribution in [3.63, 3.8) is 0 Å². The molecule has 2 fully saturated rings. The summed E-state index contributed by atoms with van der Waals surface area (Å²) in [5, 5.41) is 5.83. The maximum absolute atomic E-state index is 13.7. The Kier molecular flexibility index (Phi) is 10.4. The number of hydrogen-bond acceptors (Lipinski definition) is 8. The predicted octanol–water partition coefficient (Wildman–Crippen LogP) is 3.17. The molecule has 0 bridgehead atoms. The third-order valence-corrected chi connectivity index (χ3v) is 7.32. The van der Waals surface area contributed by atoms with Crippen molar-refractivity contribution in [1.82, 2.24) is 24.7 Å². The van der Waals surface area contributed by atoms with Crippen LogP contribution in [0.1, 0.15) is 36.5 Å². The average molecular weight is 578 g/mol. The molecular formula is C28H38F3N7O3. The van der Waals surface area contributed by atoms with Crippen LogP contribution in [0.25, 0.3) is 0 Å². The lowest BCUT2D eigenvalue weighted by atomic mass is 10.0. The summed E-state index contributed by atoms with van der Waals surface area (Å²) < 4.78 is 46.4. The van der Waals surface area contributed by atoms with Crippen molar-refractivity contribution in [1.29, 1.82) is 0 Å². The van der Waals surface area contributed by atoms with Gasteiger partial charge in [0.25, 0.3) is 0 Å². The molecule has 0 unspecified atom stereocenters. The summed E-state index contributed by atoms with van der Waals surface area (Å²) in [6.07, 6.45) is -2.18. The van der Waals surface area contributed by atoms with Crippen LogP contribution < -0.4 is 10.6 Å². The highest BCUT2D eigenvalue weighted by Crippen LogP contribution is 2.34. The molecule has 0 radical (unpaired) electrons. The fraction of sp³-hybridized carbons (Fsp3) is 0.571. The summed E-state index contributed by atoms with van der Waals surface area (Å²) in [5.41, 5.74) is 1.48. The number of nitrogens with zero attached hydrogens (tertiary/aromatic N) is 5. The van der Waals surface area contributed by atoms with Gasteiger partial charge in [0.15, 0.2) is 0 Å². The van der Waals surface area contributed by atoms with Crippen LogP contribution in [-0.2, 0) is 33.3 Å². The molecule has 0 aliphatic carbocycles. The van der Waals surface area contributed by atoms with E-state index in [4.69, 9.17) is 4.74 Å². The van der Waals surface area contributed by atoms with E-state index in [9.17, 15) is 22.8 Å². The van der Waals surface area contributed by atoms with E-state index in [2.05, 4.69) is 25.5 Å². The quantitative estimate of drug-likeness (QED) is 0.416. The van der Waals surface area contributed by atoms with Gasteiger partial charge in [-0.2, -0.15) is 18.2 Å². The van der Waals surface area contributed by atoms with Gasteiger partial charge in [-0.1, -0.05) is 19.1 Å². The molecule has 2 aliphatic rings. The van der Waals surface area contributed by atoms with Gasteiger partial charge in [-0.25, -0.2) is 4.98 Å². The summed E-state index contributed by atoms with van der Waals surface area (Å²) in [6.45, 7) is 7.01. The van der Waals surface area contributed by atoms with Gasteiger partial charge in [-0.05, 0) is 37.1 Å². The lowest BCUT2D eigenvalue weighted by Gasteiger charge is -2.32. The van der Waals surface area contributed by atoms with Crippen LogP contribution >= 0.6 is 0 Å². The topological polar surface area (TPSA) is 103 Å². The van der Waals surface area contributed by atoms with Crippen molar-refractivity contribution in [3.8, 4) is 0 Å². The van der Waals surface area contributed by atoms with Gasteiger partial charge in [0.05, 0.1) is 26.1 Å². The molecule has 2 saturated heterocycles. The molecule has 2 N–H and O–H groups in total. The minimum Gasteiger partial charge on any atom is -0.379 e. The minimum absolute atomic E-state index is 0.0200. The lowest BCUT2D eigenvalue weighted by Crippen LogP contribution is -2.47. The zero-order valence-corrected chi connectivity index (χ0v) is 23.6. The molecule has 2 aromatic rings. The maximum Gasteiger partial charge on any atom is 0.421 e. The number of rotatable bonds is 10. The second-order valence-corrected chi connectivity index (χ2v) is 10.3. The number of halogens is 3. The molecule has 224 valence electrons. The van der Waals surface area contributed by atoms with Gasteiger partial charge >= 0.3 is 6.18 Å². The van der Waals surface area contributed by atoms with Crippen LogP contribution in [-0.4, -0.2) is 103 Å². The number of ether oxygens (including phenoxy) is 1. The van der Waals surface area contributed by atoms with Crippen LogP contribution in [0, 0.1) is 0 Å². The number of alkyl halides is 3. The van der Waals surface area contributed by atoms with Crippen LogP contribution in [0.15, 0.2) is 24.4 Å². The zero-order valence-electron chi connectivity index (χ0n) is 23.6. The Balaban J connectivity index is 1.41. The van der Waals surface area contributed by atoms with Gasteiger partial charge in [-0.15, -0.1) is 0 Å². The zero-order chi connectivity index (χ0) is 29.4. The third-order valence-electron chi connectivity index (χ3n) is 7.32. The molecule has 0 spiro atoms. The molecule has 1 aromatic carbocycles. The smallest absolute Gasteiger partial charge is 0.379 e. The standard InChI is InChI=1S/C28H38F3N7O3/c1-3-21-17-20(18-25(40)38-12-10-36(2)11-13-38)5-6-23(21)34-27-33-19-22(28(29,30)31)26(35-27)32-8-4-9-37-14-16-41-15-7-24(37)39/h5-6,17,19H,3-4,7-16,18H2,1-2H3,(H2,32,33,34,35). The van der Waals surface area contributed by atoms with E-state index in [1.807, 2.05) is 37.1 Å². The Labute approximate surface area is 238 Å². The number of nitrogens with one attached hydrogen (secondary N) is 2. The molecule has 3 heterocycles. The van der Waals surface area contributed by atoms with Crippen molar-refractivity contribution < 1.29 is 27.5 Å². The first kappa shape index (κ1) is 30.5. The van der Waals surface area contributed by atoms with Crippen molar-refractivity contribution in [2.45, 2.75) is 38.8 Å². The third kappa shape index (κ3) is 8.52. The van der Waals surface area contributed by atoms with E-state index in [1.165, 1.54) is 0 Å². The molecule has 2 aliphatic heterocycles. The lowest BCUT2D eigenvalue weighted by molar-refractivity contribution is -0.137. The normalized spacial score (nSPS) is 17.0. The molecule has 2 amide bonds. The van der Waals surface area contributed by atoms with Crippen LogP contribution in [0.5, 0.6) is 0 Å². The highest BCUT2D eigenvalue weighted by atomic mass is 19.4. The molecule has 41 heavy (non-hydrogen) atoms. The summed E-state index contributed by atoms with van der Waals surface area (Å²) in [4.78, 5) is 38.7. The SMILES string of the molecule is CCc1cc(CC(=O)N2CCN(C)CC2)ccc1Nc1ncc(C(F)(F)F)c(NCCCN2CCOCCC2=O)n1. The van der Waals surface area contributed by atoms with E-state index in [-0.39, 0.29) is 36.5 Å².